The van der Waals surface area contributed by atoms with Gasteiger partial charge < -0.3 is 15.4 Å². The van der Waals surface area contributed by atoms with Crippen LogP contribution in [0.5, 0.6) is 5.75 Å². The predicted octanol–water partition coefficient (Wildman–Crippen LogP) is 3.46. The van der Waals surface area contributed by atoms with Crippen LogP contribution in [0.4, 0.5) is 4.39 Å². The van der Waals surface area contributed by atoms with E-state index in [1.54, 1.807) is 23.5 Å². The number of aryl methyl sites for hydroxylation is 2. The van der Waals surface area contributed by atoms with Gasteiger partial charge in [-0.15, -0.1) is 11.3 Å². The van der Waals surface area contributed by atoms with Crippen molar-refractivity contribution in [2.45, 2.75) is 40.2 Å². The Labute approximate surface area is 158 Å². The lowest BCUT2D eigenvalue weighted by molar-refractivity contribution is 0.230. The van der Waals surface area contributed by atoms with Crippen LogP contribution >= 0.6 is 11.3 Å². The first kappa shape index (κ1) is 20.2. The fourth-order valence-electron chi connectivity index (χ4n) is 2.44. The molecule has 0 amide bonds. The van der Waals surface area contributed by atoms with Gasteiger partial charge in [0.05, 0.1) is 17.2 Å². The first-order valence-corrected chi connectivity index (χ1v) is 9.67. The maximum absolute atomic E-state index is 12.9. The van der Waals surface area contributed by atoms with Gasteiger partial charge in [-0.25, -0.2) is 14.4 Å². The monoisotopic (exact) mass is 378 g/mol. The molecule has 1 heterocycles. The molecule has 0 fully saturated rings. The molecule has 1 unspecified atom stereocenters. The highest BCUT2D eigenvalue weighted by Crippen LogP contribution is 2.17. The highest BCUT2D eigenvalue weighted by atomic mass is 32.1. The Balaban J connectivity index is 1.82. The van der Waals surface area contributed by atoms with Crippen LogP contribution in [0.25, 0.3) is 0 Å². The molecule has 0 aliphatic rings. The average Bonchev–Trinajstić information content (AvgIpc) is 2.92. The lowest BCUT2D eigenvalue weighted by Gasteiger charge is -2.15. The molecule has 142 valence electrons. The Morgan fingerprint density at radius 2 is 2.00 bits per heavy atom. The summed E-state index contributed by atoms with van der Waals surface area (Å²) in [6, 6.07) is 6.02. The number of nitrogens with zero attached hydrogens (tertiary/aromatic N) is 2. The summed E-state index contributed by atoms with van der Waals surface area (Å²) in [6.45, 7) is 10.1. The Morgan fingerprint density at radius 3 is 2.62 bits per heavy atom. The van der Waals surface area contributed by atoms with Gasteiger partial charge in [-0.05, 0) is 52.0 Å². The Morgan fingerprint density at radius 1 is 1.27 bits per heavy atom. The number of hydrogen-bond acceptors (Lipinski definition) is 4. The fourth-order valence-corrected chi connectivity index (χ4v) is 3.38. The molecule has 0 aliphatic carbocycles. The molecule has 0 spiro atoms. The number of hydrogen-bond donors (Lipinski definition) is 2. The van der Waals surface area contributed by atoms with E-state index in [4.69, 9.17) is 4.74 Å². The Kier molecular flexibility index (Phi) is 7.84. The normalized spacial score (nSPS) is 12.7. The van der Waals surface area contributed by atoms with E-state index in [1.165, 1.54) is 17.0 Å². The Hall–Kier alpha value is -2.15. The van der Waals surface area contributed by atoms with E-state index in [9.17, 15) is 4.39 Å². The van der Waals surface area contributed by atoms with Crippen LogP contribution in [-0.2, 0) is 6.42 Å². The SMILES string of the molecule is CCNC(=NCC(C)Oc1ccc(F)cc1)NCCc1sc(C)nc1C. The number of aromatic nitrogens is 1. The molecule has 0 saturated carbocycles. The van der Waals surface area contributed by atoms with Gasteiger partial charge in [-0.2, -0.15) is 0 Å². The van der Waals surface area contributed by atoms with E-state index in [0.29, 0.717) is 12.3 Å². The summed E-state index contributed by atoms with van der Waals surface area (Å²) < 4.78 is 18.7. The van der Waals surface area contributed by atoms with Crippen LogP contribution in [0.15, 0.2) is 29.3 Å². The first-order valence-electron chi connectivity index (χ1n) is 8.85. The molecule has 2 aromatic rings. The maximum Gasteiger partial charge on any atom is 0.191 e. The second-order valence-electron chi connectivity index (χ2n) is 6.02. The smallest absolute Gasteiger partial charge is 0.191 e. The van der Waals surface area contributed by atoms with Gasteiger partial charge in [0.15, 0.2) is 5.96 Å². The van der Waals surface area contributed by atoms with E-state index in [-0.39, 0.29) is 11.9 Å². The van der Waals surface area contributed by atoms with Crippen LogP contribution in [-0.4, -0.2) is 36.7 Å². The van der Waals surface area contributed by atoms with Crippen molar-refractivity contribution in [1.82, 2.24) is 15.6 Å². The second kappa shape index (κ2) is 10.1. The summed E-state index contributed by atoms with van der Waals surface area (Å²) in [4.78, 5) is 10.3. The van der Waals surface area contributed by atoms with E-state index >= 15 is 0 Å². The number of rotatable bonds is 8. The van der Waals surface area contributed by atoms with Gasteiger partial charge in [0, 0.05) is 24.4 Å². The minimum Gasteiger partial charge on any atom is -0.489 e. The van der Waals surface area contributed by atoms with Crippen molar-refractivity contribution in [3.05, 3.63) is 45.7 Å². The molecule has 26 heavy (non-hydrogen) atoms. The zero-order valence-electron chi connectivity index (χ0n) is 15.8. The van der Waals surface area contributed by atoms with E-state index < -0.39 is 0 Å². The number of guanidine groups is 1. The first-order chi connectivity index (χ1) is 12.5. The highest BCUT2D eigenvalue weighted by molar-refractivity contribution is 7.11. The van der Waals surface area contributed by atoms with E-state index in [1.807, 2.05) is 27.7 Å². The number of aliphatic imine (C=N–C) groups is 1. The summed E-state index contributed by atoms with van der Waals surface area (Å²) in [7, 11) is 0. The number of thiazole rings is 1. The van der Waals surface area contributed by atoms with E-state index in [0.717, 1.165) is 36.2 Å². The van der Waals surface area contributed by atoms with Gasteiger partial charge in [-0.1, -0.05) is 0 Å². The van der Waals surface area contributed by atoms with Crippen LogP contribution < -0.4 is 15.4 Å². The minimum absolute atomic E-state index is 0.109. The van der Waals surface area contributed by atoms with Crippen molar-refractivity contribution in [3.63, 3.8) is 0 Å². The van der Waals surface area contributed by atoms with E-state index in [2.05, 4.69) is 20.6 Å². The van der Waals surface area contributed by atoms with Gasteiger partial charge in [0.25, 0.3) is 0 Å². The highest BCUT2D eigenvalue weighted by Gasteiger charge is 2.07. The number of ether oxygens (including phenoxy) is 1. The molecule has 0 aliphatic heterocycles. The van der Waals surface area contributed by atoms with Crippen molar-refractivity contribution in [3.8, 4) is 5.75 Å². The fraction of sp³-hybridized carbons (Fsp3) is 0.474. The standard InChI is InChI=1S/C19H27FN4OS/c1-5-21-19(22-11-10-18-14(3)24-15(4)26-18)23-12-13(2)25-17-8-6-16(20)7-9-17/h6-9,13H,5,10-12H2,1-4H3,(H2,21,22,23). The average molecular weight is 379 g/mol. The van der Waals surface area contributed by atoms with Gasteiger partial charge in [-0.3, -0.25) is 0 Å². The van der Waals surface area contributed by atoms with Crippen LogP contribution in [0.2, 0.25) is 0 Å². The number of halogens is 1. The molecule has 1 aromatic carbocycles. The molecular weight excluding hydrogens is 351 g/mol. The van der Waals surface area contributed by atoms with Gasteiger partial charge in [0.2, 0.25) is 0 Å². The van der Waals surface area contributed by atoms with Crippen molar-refractivity contribution in [2.75, 3.05) is 19.6 Å². The molecule has 0 bridgehead atoms. The van der Waals surface area contributed by atoms with Crippen molar-refractivity contribution >= 4 is 17.3 Å². The maximum atomic E-state index is 12.9. The minimum atomic E-state index is -0.270. The third-order valence-corrected chi connectivity index (χ3v) is 4.78. The topological polar surface area (TPSA) is 58.5 Å². The van der Waals surface area contributed by atoms with Gasteiger partial charge in [0.1, 0.15) is 17.7 Å². The summed E-state index contributed by atoms with van der Waals surface area (Å²) in [5, 5.41) is 7.68. The largest absolute Gasteiger partial charge is 0.489 e. The predicted molar refractivity (Wildman–Crippen MR) is 106 cm³/mol. The lowest BCUT2D eigenvalue weighted by atomic mass is 10.3. The number of nitrogens with one attached hydrogen (secondary N) is 2. The van der Waals surface area contributed by atoms with Crippen LogP contribution in [0.1, 0.15) is 29.4 Å². The molecule has 1 atom stereocenters. The summed E-state index contributed by atoms with van der Waals surface area (Å²) in [5.74, 6) is 1.14. The number of benzene rings is 1. The summed E-state index contributed by atoms with van der Waals surface area (Å²) in [6.07, 6.45) is 0.811. The molecule has 2 rings (SSSR count). The lowest BCUT2D eigenvalue weighted by Crippen LogP contribution is -2.39. The molecule has 2 N–H and O–H groups in total. The van der Waals surface area contributed by atoms with Crippen molar-refractivity contribution in [1.29, 1.82) is 0 Å². The van der Waals surface area contributed by atoms with Crippen LogP contribution in [0, 0.1) is 19.7 Å². The Bertz CT molecular complexity index is 715. The summed E-state index contributed by atoms with van der Waals surface area (Å²) >= 11 is 1.74. The zero-order chi connectivity index (χ0) is 18.9. The quantitative estimate of drug-likeness (QED) is 0.546. The van der Waals surface area contributed by atoms with Crippen LogP contribution in [0.3, 0.4) is 0 Å². The van der Waals surface area contributed by atoms with Crippen molar-refractivity contribution < 1.29 is 9.13 Å². The molecule has 0 radical (unpaired) electrons. The zero-order valence-corrected chi connectivity index (χ0v) is 16.6. The molecule has 0 saturated heterocycles. The second-order valence-corrected chi connectivity index (χ2v) is 7.31. The summed E-state index contributed by atoms with van der Waals surface area (Å²) in [5.41, 5.74) is 1.11. The third-order valence-electron chi connectivity index (χ3n) is 3.65. The third kappa shape index (κ3) is 6.63. The van der Waals surface area contributed by atoms with Gasteiger partial charge >= 0.3 is 0 Å². The van der Waals surface area contributed by atoms with Crippen molar-refractivity contribution in [2.24, 2.45) is 4.99 Å². The molecule has 1 aromatic heterocycles. The molecule has 7 heteroatoms. The molecular formula is C19H27FN4OS. The molecule has 5 nitrogen and oxygen atoms in total.